The highest BCUT2D eigenvalue weighted by molar-refractivity contribution is 9.10. The number of carbonyl (C=O) groups is 1. The van der Waals surface area contributed by atoms with E-state index >= 15 is 0 Å². The van der Waals surface area contributed by atoms with Gasteiger partial charge in [0.25, 0.3) is 0 Å². The molecule has 1 aromatic rings. The molecule has 0 spiro atoms. The van der Waals surface area contributed by atoms with Crippen molar-refractivity contribution in [1.29, 1.82) is 0 Å². The van der Waals surface area contributed by atoms with E-state index in [9.17, 15) is 18.3 Å². The van der Waals surface area contributed by atoms with Gasteiger partial charge in [0, 0.05) is 11.0 Å². The Hall–Kier alpha value is -0.920. The van der Waals surface area contributed by atoms with Crippen LogP contribution in [0.2, 0.25) is 0 Å². The zero-order valence-electron chi connectivity index (χ0n) is 11.9. The quantitative estimate of drug-likeness (QED) is 0.880. The molecule has 0 saturated carbocycles. The van der Waals surface area contributed by atoms with E-state index in [1.807, 2.05) is 6.92 Å². The molecule has 0 aromatic heterocycles. The van der Waals surface area contributed by atoms with Crippen molar-refractivity contribution in [3.8, 4) is 0 Å². The fraction of sp³-hybridized carbons (Fsp3) is 0.500. The molecule has 2 unspecified atom stereocenters. The summed E-state index contributed by atoms with van der Waals surface area (Å²) in [6, 6.07) is 3.76. The molecule has 1 fully saturated rings. The van der Waals surface area contributed by atoms with E-state index in [1.54, 1.807) is 19.1 Å². The van der Waals surface area contributed by atoms with Crippen molar-refractivity contribution in [2.45, 2.75) is 37.6 Å². The van der Waals surface area contributed by atoms with E-state index in [1.165, 1.54) is 6.07 Å². The van der Waals surface area contributed by atoms with Crippen LogP contribution in [0.4, 0.5) is 0 Å². The molecule has 2 atom stereocenters. The molecule has 0 amide bonds. The number of benzene rings is 1. The third kappa shape index (κ3) is 3.30. The first-order chi connectivity index (χ1) is 9.73. The maximum Gasteiger partial charge on any atom is 0.322 e. The second-order valence-corrected chi connectivity index (χ2v) is 8.26. The van der Waals surface area contributed by atoms with Crippen molar-refractivity contribution in [2.24, 2.45) is 5.92 Å². The predicted molar refractivity (Wildman–Crippen MR) is 82.6 cm³/mol. The molecule has 1 aliphatic heterocycles. The Kier molecular flexibility index (Phi) is 4.75. The minimum Gasteiger partial charge on any atom is -0.480 e. The van der Waals surface area contributed by atoms with Crippen LogP contribution in [0.1, 0.15) is 25.3 Å². The van der Waals surface area contributed by atoms with Gasteiger partial charge in [-0.3, -0.25) is 4.79 Å². The maximum absolute atomic E-state index is 12.7. The van der Waals surface area contributed by atoms with E-state index in [4.69, 9.17) is 0 Å². The summed E-state index contributed by atoms with van der Waals surface area (Å²) in [6.07, 6.45) is 1.03. The molecular weight excluding hydrogens is 358 g/mol. The first kappa shape index (κ1) is 16.5. The maximum atomic E-state index is 12.7. The topological polar surface area (TPSA) is 74.7 Å². The minimum atomic E-state index is -3.79. The third-order valence-electron chi connectivity index (χ3n) is 3.84. The first-order valence-corrected chi connectivity index (χ1v) is 8.97. The van der Waals surface area contributed by atoms with E-state index in [2.05, 4.69) is 15.9 Å². The number of sulfonamides is 1. The monoisotopic (exact) mass is 375 g/mol. The van der Waals surface area contributed by atoms with Gasteiger partial charge < -0.3 is 5.11 Å². The molecule has 0 aliphatic carbocycles. The summed E-state index contributed by atoms with van der Waals surface area (Å²) in [5.74, 6) is -0.872. The molecule has 21 heavy (non-hydrogen) atoms. The summed E-state index contributed by atoms with van der Waals surface area (Å²) in [7, 11) is -3.79. The minimum absolute atomic E-state index is 0.143. The van der Waals surface area contributed by atoms with Gasteiger partial charge in [-0.2, -0.15) is 4.31 Å². The van der Waals surface area contributed by atoms with Crippen molar-refractivity contribution in [3.63, 3.8) is 0 Å². The Bertz CT molecular complexity index is 659. The zero-order valence-corrected chi connectivity index (χ0v) is 14.3. The van der Waals surface area contributed by atoms with Crippen LogP contribution in [-0.4, -0.2) is 36.4 Å². The average molecular weight is 376 g/mol. The average Bonchev–Trinajstić information content (AvgIpc) is 2.41. The number of carboxylic acids is 1. The van der Waals surface area contributed by atoms with Crippen molar-refractivity contribution < 1.29 is 18.3 Å². The van der Waals surface area contributed by atoms with Gasteiger partial charge in [-0.15, -0.1) is 0 Å². The van der Waals surface area contributed by atoms with Crippen molar-refractivity contribution >= 4 is 31.9 Å². The van der Waals surface area contributed by atoms with Gasteiger partial charge >= 0.3 is 5.97 Å². The standard InChI is InChI=1S/C14H18BrNO4S/c1-9-5-6-16(13(7-9)14(17)18)21(19,20)11-3-4-12(15)10(2)8-11/h3-4,8-9,13H,5-7H2,1-2H3,(H,17,18). The second kappa shape index (κ2) is 6.06. The number of hydrogen-bond donors (Lipinski definition) is 1. The molecule has 116 valence electrons. The molecule has 1 aromatic carbocycles. The molecule has 1 N–H and O–H groups in total. The lowest BCUT2D eigenvalue weighted by molar-refractivity contribution is -0.143. The zero-order chi connectivity index (χ0) is 15.8. The Labute approximate surface area is 133 Å². The van der Waals surface area contributed by atoms with Gasteiger partial charge in [0.05, 0.1) is 4.90 Å². The number of halogens is 1. The van der Waals surface area contributed by atoms with Crippen molar-refractivity contribution in [1.82, 2.24) is 4.31 Å². The number of aryl methyl sites for hydroxylation is 1. The fourth-order valence-corrected chi connectivity index (χ4v) is 4.48. The molecule has 7 heteroatoms. The predicted octanol–water partition coefficient (Wildman–Crippen LogP) is 2.63. The van der Waals surface area contributed by atoms with Crippen molar-refractivity contribution in [2.75, 3.05) is 6.54 Å². The highest BCUT2D eigenvalue weighted by Gasteiger charge is 2.39. The molecule has 1 aliphatic rings. The smallest absolute Gasteiger partial charge is 0.322 e. The van der Waals surface area contributed by atoms with E-state index in [-0.39, 0.29) is 17.4 Å². The highest BCUT2D eigenvalue weighted by atomic mass is 79.9. The SMILES string of the molecule is Cc1cc(S(=O)(=O)N2CCC(C)CC2C(=O)O)ccc1Br. The van der Waals surface area contributed by atoms with Crippen LogP contribution < -0.4 is 0 Å². The largest absolute Gasteiger partial charge is 0.480 e. The summed E-state index contributed by atoms with van der Waals surface area (Å²) < 4.78 is 27.4. The number of nitrogens with zero attached hydrogens (tertiary/aromatic N) is 1. The van der Waals surface area contributed by atoms with Crippen LogP contribution in [0.25, 0.3) is 0 Å². The fourth-order valence-electron chi connectivity index (χ4n) is 2.54. The normalized spacial score (nSPS) is 24.0. The van der Waals surface area contributed by atoms with Gasteiger partial charge in [0.1, 0.15) is 6.04 Å². The lowest BCUT2D eigenvalue weighted by Crippen LogP contribution is -2.49. The second-order valence-electron chi connectivity index (χ2n) is 5.51. The van der Waals surface area contributed by atoms with Crippen LogP contribution >= 0.6 is 15.9 Å². The first-order valence-electron chi connectivity index (χ1n) is 6.74. The highest BCUT2D eigenvalue weighted by Crippen LogP contribution is 2.30. The van der Waals surface area contributed by atoms with Crippen LogP contribution in [0.15, 0.2) is 27.6 Å². The Balaban J connectivity index is 2.41. The molecule has 0 radical (unpaired) electrons. The van der Waals surface area contributed by atoms with E-state index in [0.717, 1.165) is 14.3 Å². The number of hydrogen-bond acceptors (Lipinski definition) is 3. The van der Waals surface area contributed by atoms with Gasteiger partial charge in [-0.05, 0) is 49.4 Å². The molecule has 1 saturated heterocycles. The van der Waals surface area contributed by atoms with Crippen LogP contribution in [0.5, 0.6) is 0 Å². The van der Waals surface area contributed by atoms with E-state index in [0.29, 0.717) is 12.8 Å². The molecule has 1 heterocycles. The Morgan fingerprint density at radius 2 is 2.10 bits per heavy atom. The Morgan fingerprint density at radius 3 is 2.67 bits per heavy atom. The summed E-state index contributed by atoms with van der Waals surface area (Å²) in [5.41, 5.74) is 0.799. The van der Waals surface area contributed by atoms with Crippen LogP contribution in [0.3, 0.4) is 0 Å². The number of piperidine rings is 1. The van der Waals surface area contributed by atoms with Crippen LogP contribution in [-0.2, 0) is 14.8 Å². The summed E-state index contributed by atoms with van der Waals surface area (Å²) >= 11 is 3.33. The number of aliphatic carboxylic acids is 1. The van der Waals surface area contributed by atoms with Gasteiger partial charge in [-0.25, -0.2) is 8.42 Å². The molecule has 0 bridgehead atoms. The lowest BCUT2D eigenvalue weighted by Gasteiger charge is -2.35. The summed E-state index contributed by atoms with van der Waals surface area (Å²) in [6.45, 7) is 4.00. The summed E-state index contributed by atoms with van der Waals surface area (Å²) in [5, 5.41) is 9.32. The number of rotatable bonds is 3. The van der Waals surface area contributed by atoms with Gasteiger partial charge in [0.15, 0.2) is 0 Å². The number of carboxylic acid groups (broad SMARTS) is 1. The van der Waals surface area contributed by atoms with Crippen LogP contribution in [0, 0.1) is 12.8 Å². The lowest BCUT2D eigenvalue weighted by atomic mass is 9.94. The van der Waals surface area contributed by atoms with Crippen molar-refractivity contribution in [3.05, 3.63) is 28.2 Å². The van der Waals surface area contributed by atoms with E-state index < -0.39 is 22.0 Å². The van der Waals surface area contributed by atoms with Gasteiger partial charge in [0.2, 0.25) is 10.0 Å². The molecule has 2 rings (SSSR count). The molecule has 5 nitrogen and oxygen atoms in total. The summed E-state index contributed by atoms with van der Waals surface area (Å²) in [4.78, 5) is 11.5. The third-order valence-corrected chi connectivity index (χ3v) is 6.63. The Morgan fingerprint density at radius 1 is 1.43 bits per heavy atom. The van der Waals surface area contributed by atoms with Gasteiger partial charge in [-0.1, -0.05) is 22.9 Å². The molecular formula is C14H18BrNO4S.